The third-order valence-corrected chi connectivity index (χ3v) is 8.01. The molecule has 1 aromatic heterocycles. The van der Waals surface area contributed by atoms with Crippen LogP contribution in [0.2, 0.25) is 0 Å². The van der Waals surface area contributed by atoms with Crippen LogP contribution in [-0.2, 0) is 17.1 Å². The molecular weight excluding hydrogens is 428 g/mol. The number of amides is 1. The van der Waals surface area contributed by atoms with Gasteiger partial charge in [0, 0.05) is 37.8 Å². The summed E-state index contributed by atoms with van der Waals surface area (Å²) in [6, 6.07) is 10.2. The van der Waals surface area contributed by atoms with Crippen LogP contribution in [0.1, 0.15) is 23.2 Å². The Morgan fingerprint density at radius 3 is 2.43 bits per heavy atom. The highest BCUT2D eigenvalue weighted by Crippen LogP contribution is 2.23. The predicted molar refractivity (Wildman–Crippen MR) is 112 cm³/mol. The maximum absolute atomic E-state index is 12.6. The van der Waals surface area contributed by atoms with Gasteiger partial charge >= 0.3 is 0 Å². The Balaban J connectivity index is 1.64. The Labute approximate surface area is 176 Å². The van der Waals surface area contributed by atoms with E-state index >= 15 is 0 Å². The van der Waals surface area contributed by atoms with E-state index in [9.17, 15) is 23.3 Å². The van der Waals surface area contributed by atoms with Crippen molar-refractivity contribution < 1.29 is 18.1 Å². The standard InChI is InChI=1S/C19H18N4O5S2/c1-21-16-9-6-14(23(25)26)12-17(16)29-19(21)20-18(24)13-4-7-15(8-5-13)30(27,28)22-10-2-3-11-22/h4-9,12H,2-3,10-11H2,1H3. The molecule has 1 fully saturated rings. The molecule has 4 rings (SSSR count). The first kappa shape index (κ1) is 20.4. The molecule has 11 heteroatoms. The van der Waals surface area contributed by atoms with E-state index in [-0.39, 0.29) is 16.1 Å². The van der Waals surface area contributed by atoms with Gasteiger partial charge in [0.2, 0.25) is 10.0 Å². The number of nitrogens with zero attached hydrogens (tertiary/aromatic N) is 4. The molecule has 1 aliphatic rings. The summed E-state index contributed by atoms with van der Waals surface area (Å²) in [5.41, 5.74) is 0.958. The number of aryl methyl sites for hydroxylation is 1. The second-order valence-corrected chi connectivity index (χ2v) is 9.85. The van der Waals surface area contributed by atoms with Crippen LogP contribution in [0.4, 0.5) is 5.69 Å². The molecule has 3 aromatic rings. The molecule has 1 aliphatic heterocycles. The highest BCUT2D eigenvalue weighted by molar-refractivity contribution is 7.89. The summed E-state index contributed by atoms with van der Waals surface area (Å²) in [5, 5.41) is 11.0. The molecule has 9 nitrogen and oxygen atoms in total. The maximum atomic E-state index is 12.6. The van der Waals surface area contributed by atoms with E-state index in [0.717, 1.165) is 18.4 Å². The first-order valence-electron chi connectivity index (χ1n) is 9.20. The number of nitro groups is 1. The van der Waals surface area contributed by atoms with E-state index in [4.69, 9.17) is 0 Å². The van der Waals surface area contributed by atoms with Gasteiger partial charge in [-0.1, -0.05) is 11.3 Å². The van der Waals surface area contributed by atoms with Gasteiger partial charge in [0.1, 0.15) is 0 Å². The van der Waals surface area contributed by atoms with Crippen molar-refractivity contribution in [3.63, 3.8) is 0 Å². The Kier molecular flexibility index (Phi) is 5.26. The number of nitro benzene ring substituents is 1. The first-order chi connectivity index (χ1) is 14.3. The molecule has 0 atom stereocenters. The van der Waals surface area contributed by atoms with Crippen molar-refractivity contribution in [1.29, 1.82) is 0 Å². The zero-order valence-electron chi connectivity index (χ0n) is 16.0. The van der Waals surface area contributed by atoms with Crippen molar-refractivity contribution in [2.75, 3.05) is 13.1 Å². The summed E-state index contributed by atoms with van der Waals surface area (Å²) in [7, 11) is -1.82. The fraction of sp³-hybridized carbons (Fsp3) is 0.263. The summed E-state index contributed by atoms with van der Waals surface area (Å²) in [4.78, 5) is 27.8. The Morgan fingerprint density at radius 2 is 1.80 bits per heavy atom. The SMILES string of the molecule is Cn1c(=NC(=O)c2ccc(S(=O)(=O)N3CCCC3)cc2)sc2cc([N+](=O)[O-])ccc21. The quantitative estimate of drug-likeness (QED) is 0.451. The fourth-order valence-electron chi connectivity index (χ4n) is 3.34. The van der Waals surface area contributed by atoms with Crippen LogP contribution in [0, 0.1) is 10.1 Å². The number of thiazole rings is 1. The van der Waals surface area contributed by atoms with Gasteiger partial charge in [-0.25, -0.2) is 8.42 Å². The lowest BCUT2D eigenvalue weighted by Gasteiger charge is -2.15. The van der Waals surface area contributed by atoms with E-state index < -0.39 is 20.9 Å². The minimum atomic E-state index is -3.54. The molecule has 2 heterocycles. The molecule has 0 N–H and O–H groups in total. The van der Waals surface area contributed by atoms with E-state index in [1.54, 1.807) is 17.7 Å². The second-order valence-electron chi connectivity index (χ2n) is 6.91. The monoisotopic (exact) mass is 446 g/mol. The van der Waals surface area contributed by atoms with Gasteiger partial charge in [-0.05, 0) is 43.2 Å². The smallest absolute Gasteiger partial charge is 0.279 e. The number of carbonyl (C=O) groups is 1. The zero-order chi connectivity index (χ0) is 21.5. The van der Waals surface area contributed by atoms with Gasteiger partial charge in [-0.15, -0.1) is 0 Å². The van der Waals surface area contributed by atoms with Crippen LogP contribution < -0.4 is 4.80 Å². The number of non-ortho nitro benzene ring substituents is 1. The summed E-state index contributed by atoms with van der Waals surface area (Å²) in [6.45, 7) is 1.03. The van der Waals surface area contributed by atoms with E-state index in [0.29, 0.717) is 22.6 Å². The lowest BCUT2D eigenvalue weighted by atomic mass is 10.2. The number of carbonyl (C=O) groups excluding carboxylic acids is 1. The van der Waals surface area contributed by atoms with Crippen LogP contribution in [0.15, 0.2) is 52.4 Å². The molecule has 1 saturated heterocycles. The lowest BCUT2D eigenvalue weighted by molar-refractivity contribution is -0.384. The molecule has 0 saturated carbocycles. The number of sulfonamides is 1. The normalized spacial score (nSPS) is 15.7. The molecule has 0 spiro atoms. The van der Waals surface area contributed by atoms with Gasteiger partial charge in [0.15, 0.2) is 4.80 Å². The Morgan fingerprint density at radius 1 is 1.13 bits per heavy atom. The minimum Gasteiger partial charge on any atom is -0.319 e. The molecule has 0 unspecified atom stereocenters. The molecule has 156 valence electrons. The number of aromatic nitrogens is 1. The largest absolute Gasteiger partial charge is 0.319 e. The average molecular weight is 447 g/mol. The molecule has 0 aliphatic carbocycles. The minimum absolute atomic E-state index is 0.0305. The van der Waals surface area contributed by atoms with Crippen molar-refractivity contribution in [3.05, 3.63) is 62.9 Å². The van der Waals surface area contributed by atoms with Crippen molar-refractivity contribution >= 4 is 43.2 Å². The predicted octanol–water partition coefficient (Wildman–Crippen LogP) is 2.67. The summed E-state index contributed by atoms with van der Waals surface area (Å²) in [6.07, 6.45) is 1.70. The van der Waals surface area contributed by atoms with Gasteiger partial charge < -0.3 is 4.57 Å². The number of hydrogen-bond donors (Lipinski definition) is 0. The third-order valence-electron chi connectivity index (χ3n) is 5.01. The zero-order valence-corrected chi connectivity index (χ0v) is 17.6. The maximum Gasteiger partial charge on any atom is 0.279 e. The molecule has 1 amide bonds. The highest BCUT2D eigenvalue weighted by atomic mass is 32.2. The third kappa shape index (κ3) is 3.66. The Bertz CT molecular complexity index is 1320. The molecule has 0 radical (unpaired) electrons. The van der Waals surface area contributed by atoms with Crippen molar-refractivity contribution in [1.82, 2.24) is 8.87 Å². The Hall–Kier alpha value is -2.89. The van der Waals surface area contributed by atoms with Gasteiger partial charge in [0.25, 0.3) is 11.6 Å². The average Bonchev–Trinajstić information content (AvgIpc) is 3.37. The van der Waals surface area contributed by atoms with Crippen molar-refractivity contribution in [3.8, 4) is 0 Å². The number of hydrogen-bond acceptors (Lipinski definition) is 6. The van der Waals surface area contributed by atoms with Crippen molar-refractivity contribution in [2.24, 2.45) is 12.0 Å². The van der Waals surface area contributed by atoms with E-state index in [1.807, 2.05) is 0 Å². The van der Waals surface area contributed by atoms with E-state index in [1.165, 1.54) is 52.0 Å². The molecule has 0 bridgehead atoms. The van der Waals surface area contributed by atoms with Gasteiger partial charge in [0.05, 0.1) is 20.0 Å². The number of rotatable bonds is 4. The first-order valence-corrected chi connectivity index (χ1v) is 11.5. The fourth-order valence-corrected chi connectivity index (χ4v) is 5.91. The summed E-state index contributed by atoms with van der Waals surface area (Å²) < 4.78 is 29.0. The van der Waals surface area contributed by atoms with Crippen LogP contribution in [0.5, 0.6) is 0 Å². The highest BCUT2D eigenvalue weighted by Gasteiger charge is 2.27. The molecule has 30 heavy (non-hydrogen) atoms. The van der Waals surface area contributed by atoms with Crippen LogP contribution in [0.3, 0.4) is 0 Å². The van der Waals surface area contributed by atoms with E-state index in [2.05, 4.69) is 4.99 Å². The van der Waals surface area contributed by atoms with Crippen LogP contribution >= 0.6 is 11.3 Å². The summed E-state index contributed by atoms with van der Waals surface area (Å²) in [5.74, 6) is -0.517. The number of fused-ring (bicyclic) bond motifs is 1. The summed E-state index contributed by atoms with van der Waals surface area (Å²) >= 11 is 1.17. The van der Waals surface area contributed by atoms with Gasteiger partial charge in [-0.2, -0.15) is 9.30 Å². The van der Waals surface area contributed by atoms with Gasteiger partial charge in [-0.3, -0.25) is 14.9 Å². The van der Waals surface area contributed by atoms with Crippen molar-refractivity contribution in [2.45, 2.75) is 17.7 Å². The molecular formula is C19H18N4O5S2. The van der Waals surface area contributed by atoms with Crippen LogP contribution in [0.25, 0.3) is 10.2 Å². The number of benzene rings is 2. The molecule has 2 aromatic carbocycles. The van der Waals surface area contributed by atoms with Crippen LogP contribution in [-0.4, -0.2) is 41.2 Å². The topological polar surface area (TPSA) is 115 Å². The second kappa shape index (κ2) is 7.74. The lowest BCUT2D eigenvalue weighted by Crippen LogP contribution is -2.27.